The van der Waals surface area contributed by atoms with Gasteiger partial charge in [-0.15, -0.1) is 0 Å². The van der Waals surface area contributed by atoms with Gasteiger partial charge in [0.1, 0.15) is 0 Å². The molecule has 0 saturated carbocycles. The average molecular weight is 290 g/mol. The van der Waals surface area contributed by atoms with E-state index in [0.29, 0.717) is 5.02 Å². The Labute approximate surface area is 124 Å². The highest BCUT2D eigenvalue weighted by Gasteiger charge is 2.51. The van der Waals surface area contributed by atoms with E-state index >= 15 is 0 Å². The third kappa shape index (κ3) is 2.12. The van der Waals surface area contributed by atoms with Crippen LogP contribution in [0.3, 0.4) is 0 Å². The zero-order valence-corrected chi connectivity index (χ0v) is 12.9. The predicted octanol–water partition coefficient (Wildman–Crippen LogP) is 3.19. The van der Waals surface area contributed by atoms with E-state index in [2.05, 4.69) is 4.98 Å². The van der Waals surface area contributed by atoms with Gasteiger partial charge in [0.2, 0.25) is 0 Å². The average Bonchev–Trinajstić information content (AvgIpc) is 2.58. The van der Waals surface area contributed by atoms with E-state index in [-0.39, 0.29) is 11.2 Å². The molecule has 2 heterocycles. The lowest BCUT2D eigenvalue weighted by Gasteiger charge is -2.32. The second kappa shape index (κ2) is 4.45. The molecule has 20 heavy (non-hydrogen) atoms. The van der Waals surface area contributed by atoms with Crippen molar-refractivity contribution in [2.24, 2.45) is 0 Å². The van der Waals surface area contributed by atoms with Crippen molar-refractivity contribution in [1.82, 2.24) is 4.98 Å². The van der Waals surface area contributed by atoms with Gasteiger partial charge in [-0.2, -0.15) is 0 Å². The highest BCUT2D eigenvalue weighted by atomic mass is 35.5. The van der Waals surface area contributed by atoms with Crippen LogP contribution in [0.15, 0.2) is 30.5 Å². The maximum absolute atomic E-state index is 6.31. The van der Waals surface area contributed by atoms with Gasteiger partial charge in [-0.3, -0.25) is 4.98 Å². The van der Waals surface area contributed by atoms with E-state index in [9.17, 15) is 0 Å². The molecule has 3 rings (SSSR count). The van der Waals surface area contributed by atoms with E-state index in [4.69, 9.17) is 20.9 Å². The van der Waals surface area contributed by atoms with Crippen molar-refractivity contribution in [3.8, 4) is 0 Å². The highest BCUT2D eigenvalue weighted by Crippen LogP contribution is 2.36. The molecule has 0 aliphatic carbocycles. The van der Waals surface area contributed by atoms with Crippen LogP contribution in [0.25, 0.3) is 10.9 Å². The van der Waals surface area contributed by atoms with Crippen LogP contribution in [0.2, 0.25) is 5.02 Å². The van der Waals surface area contributed by atoms with Crippen LogP contribution < -0.4 is 5.46 Å². The van der Waals surface area contributed by atoms with Crippen LogP contribution in [-0.4, -0.2) is 23.3 Å². The van der Waals surface area contributed by atoms with Crippen molar-refractivity contribution in [3.05, 3.63) is 35.5 Å². The van der Waals surface area contributed by atoms with Gasteiger partial charge >= 0.3 is 7.12 Å². The van der Waals surface area contributed by atoms with Crippen molar-refractivity contribution in [3.63, 3.8) is 0 Å². The van der Waals surface area contributed by atoms with Gasteiger partial charge in [0, 0.05) is 11.6 Å². The van der Waals surface area contributed by atoms with Crippen molar-refractivity contribution in [1.29, 1.82) is 0 Å². The van der Waals surface area contributed by atoms with E-state index in [1.54, 1.807) is 6.20 Å². The lowest BCUT2D eigenvalue weighted by molar-refractivity contribution is 0.00578. The minimum Gasteiger partial charge on any atom is -0.399 e. The Bertz CT molecular complexity index is 656. The smallest absolute Gasteiger partial charge is 0.399 e. The van der Waals surface area contributed by atoms with Crippen molar-refractivity contribution < 1.29 is 9.31 Å². The highest BCUT2D eigenvalue weighted by molar-refractivity contribution is 6.63. The monoisotopic (exact) mass is 289 g/mol. The molecular formula is C15H17BClNO2. The maximum Gasteiger partial charge on any atom is 0.494 e. The summed E-state index contributed by atoms with van der Waals surface area (Å²) in [7, 11) is -0.401. The first-order valence-corrected chi connectivity index (χ1v) is 7.08. The van der Waals surface area contributed by atoms with Gasteiger partial charge in [0.25, 0.3) is 0 Å². The van der Waals surface area contributed by atoms with Gasteiger partial charge in [0.15, 0.2) is 0 Å². The van der Waals surface area contributed by atoms with E-state index in [1.165, 1.54) is 0 Å². The first-order chi connectivity index (χ1) is 9.30. The number of hydrogen-bond acceptors (Lipinski definition) is 3. The van der Waals surface area contributed by atoms with E-state index in [1.807, 2.05) is 52.0 Å². The molecule has 1 aromatic heterocycles. The summed E-state index contributed by atoms with van der Waals surface area (Å²) < 4.78 is 12.1. The number of halogens is 1. The Morgan fingerprint density at radius 2 is 1.75 bits per heavy atom. The van der Waals surface area contributed by atoms with E-state index in [0.717, 1.165) is 16.4 Å². The molecule has 1 fully saturated rings. The zero-order chi connectivity index (χ0) is 14.5. The molecule has 2 aromatic rings. The molecule has 104 valence electrons. The number of benzene rings is 1. The molecular weight excluding hydrogens is 272 g/mol. The summed E-state index contributed by atoms with van der Waals surface area (Å²) in [6.07, 6.45) is 1.74. The Kier molecular flexibility index (Phi) is 3.09. The number of aromatic nitrogens is 1. The third-order valence-corrected chi connectivity index (χ3v) is 4.49. The zero-order valence-electron chi connectivity index (χ0n) is 12.1. The van der Waals surface area contributed by atoms with Crippen LogP contribution in [0.1, 0.15) is 27.7 Å². The largest absolute Gasteiger partial charge is 0.494 e. The second-order valence-corrected chi connectivity index (χ2v) is 6.57. The summed E-state index contributed by atoms with van der Waals surface area (Å²) in [4.78, 5) is 4.29. The second-order valence-electron chi connectivity index (χ2n) is 6.17. The van der Waals surface area contributed by atoms with Gasteiger partial charge in [-0.05, 0) is 45.3 Å². The Morgan fingerprint density at radius 3 is 2.40 bits per heavy atom. The lowest BCUT2D eigenvalue weighted by atomic mass is 9.78. The molecule has 1 saturated heterocycles. The van der Waals surface area contributed by atoms with Crippen LogP contribution >= 0.6 is 11.6 Å². The Morgan fingerprint density at radius 1 is 1.10 bits per heavy atom. The minimum absolute atomic E-state index is 0.353. The van der Waals surface area contributed by atoms with Gasteiger partial charge in [-0.1, -0.05) is 23.7 Å². The molecule has 0 spiro atoms. The maximum atomic E-state index is 6.31. The molecule has 1 aliphatic rings. The minimum atomic E-state index is -0.401. The van der Waals surface area contributed by atoms with Crippen molar-refractivity contribution in [2.45, 2.75) is 38.9 Å². The fraction of sp³-hybridized carbons (Fsp3) is 0.400. The lowest BCUT2D eigenvalue weighted by Crippen LogP contribution is -2.41. The summed E-state index contributed by atoms with van der Waals surface area (Å²) in [5.41, 5.74) is 1.02. The molecule has 0 N–H and O–H groups in total. The topological polar surface area (TPSA) is 31.4 Å². The summed E-state index contributed by atoms with van der Waals surface area (Å²) in [5.74, 6) is 0. The molecule has 0 unspecified atom stereocenters. The molecule has 0 amide bonds. The molecule has 1 aliphatic heterocycles. The van der Waals surface area contributed by atoms with Crippen LogP contribution in [0.4, 0.5) is 0 Å². The van der Waals surface area contributed by atoms with Crippen LogP contribution in [-0.2, 0) is 9.31 Å². The molecule has 0 radical (unpaired) electrons. The normalized spacial score (nSPS) is 20.6. The number of pyridine rings is 1. The van der Waals surface area contributed by atoms with Crippen LogP contribution in [0, 0.1) is 0 Å². The quantitative estimate of drug-likeness (QED) is 0.756. The van der Waals surface area contributed by atoms with E-state index < -0.39 is 7.12 Å². The fourth-order valence-corrected chi connectivity index (χ4v) is 2.57. The predicted molar refractivity (Wildman–Crippen MR) is 82.5 cm³/mol. The SMILES string of the molecule is CC1(C)OB(c2cc(Cl)c3ncccc3c2)OC1(C)C. The van der Waals surface area contributed by atoms with Crippen molar-refractivity contribution in [2.75, 3.05) is 0 Å². The van der Waals surface area contributed by atoms with Gasteiger partial charge in [0.05, 0.1) is 21.7 Å². The first kappa shape index (κ1) is 13.9. The fourth-order valence-electron chi connectivity index (χ4n) is 2.28. The van der Waals surface area contributed by atoms with Gasteiger partial charge < -0.3 is 9.31 Å². The first-order valence-electron chi connectivity index (χ1n) is 6.70. The third-order valence-electron chi connectivity index (χ3n) is 4.21. The summed E-state index contributed by atoms with van der Waals surface area (Å²) >= 11 is 6.31. The molecule has 3 nitrogen and oxygen atoms in total. The van der Waals surface area contributed by atoms with Crippen molar-refractivity contribution >= 4 is 35.1 Å². The molecule has 1 aromatic carbocycles. The molecule has 5 heteroatoms. The number of fused-ring (bicyclic) bond motifs is 1. The summed E-state index contributed by atoms with van der Waals surface area (Å²) in [6.45, 7) is 8.16. The molecule has 0 bridgehead atoms. The number of rotatable bonds is 1. The molecule has 0 atom stereocenters. The number of nitrogens with zero attached hydrogens (tertiary/aromatic N) is 1. The number of hydrogen-bond donors (Lipinski definition) is 0. The van der Waals surface area contributed by atoms with Crippen LogP contribution in [0.5, 0.6) is 0 Å². The summed E-state index contributed by atoms with van der Waals surface area (Å²) in [5, 5.41) is 1.61. The summed E-state index contributed by atoms with van der Waals surface area (Å²) in [6, 6.07) is 7.78. The Balaban J connectivity index is 2.04. The van der Waals surface area contributed by atoms with Gasteiger partial charge in [-0.25, -0.2) is 0 Å². The Hall–Kier alpha value is -1.10. The standard InChI is InChI=1S/C15H17BClNO2/c1-14(2)15(3,4)20-16(19-14)11-8-10-6-5-7-18-13(10)12(17)9-11/h5-9H,1-4H3.